The predicted molar refractivity (Wildman–Crippen MR) is 166 cm³/mol. The van der Waals surface area contributed by atoms with Gasteiger partial charge >= 0.3 is 20.2 Å². The third kappa shape index (κ3) is 8.25. The lowest BCUT2D eigenvalue weighted by Crippen LogP contribution is -2.13. The molecule has 4 aromatic carbocycles. The average Bonchev–Trinajstić information content (AvgIpc) is 2.99. The molecule has 0 saturated heterocycles. The Hall–Kier alpha value is -5.66. The summed E-state index contributed by atoms with van der Waals surface area (Å²) < 4.78 is 60.4. The van der Waals surface area contributed by atoms with Crippen LogP contribution in [0, 0.1) is 73.0 Å². The summed E-state index contributed by atoms with van der Waals surface area (Å²) in [5, 5.41) is 36.6. The normalized spacial score (nSPS) is 10.3. The summed E-state index contributed by atoms with van der Waals surface area (Å²) in [4.78, 5) is -0.291. The van der Waals surface area contributed by atoms with E-state index < -0.39 is 42.9 Å². The van der Waals surface area contributed by atoms with Gasteiger partial charge in [-0.25, -0.2) is 0 Å². The molecule has 4 rings (SSSR count). The Morgan fingerprint density at radius 3 is 1.02 bits per heavy atom. The van der Waals surface area contributed by atoms with E-state index >= 15 is 0 Å². The van der Waals surface area contributed by atoms with E-state index in [2.05, 4.69) is 0 Å². The van der Waals surface area contributed by atoms with Crippen molar-refractivity contribution in [1.82, 2.24) is 0 Å². The fraction of sp³-hybridized carbons (Fsp3) is 0.152. The first-order valence-electron chi connectivity index (χ1n) is 12.7. The molecule has 12 heteroatoms. The van der Waals surface area contributed by atoms with Crippen molar-refractivity contribution in [1.29, 1.82) is 21.0 Å². The summed E-state index contributed by atoms with van der Waals surface area (Å²) in [5.74, 6) is -0.852. The Morgan fingerprint density at radius 2 is 0.756 bits per heavy atom. The molecule has 0 spiro atoms. The highest BCUT2D eigenvalue weighted by Gasteiger charge is 2.25. The third-order valence-electron chi connectivity index (χ3n) is 6.22. The first-order valence-corrected chi connectivity index (χ1v) is 15.5. The quantitative estimate of drug-likeness (QED) is 0.218. The van der Waals surface area contributed by atoms with Gasteiger partial charge in [-0.3, -0.25) is 0 Å². The van der Waals surface area contributed by atoms with E-state index in [0.29, 0.717) is 11.1 Å². The molecule has 45 heavy (non-hydrogen) atoms. The highest BCUT2D eigenvalue weighted by atomic mass is 32.2. The van der Waals surface area contributed by atoms with E-state index in [-0.39, 0.29) is 17.2 Å². The van der Waals surface area contributed by atoms with Crippen LogP contribution in [0.5, 0.6) is 11.5 Å². The third-order valence-corrected chi connectivity index (χ3v) is 8.71. The molecule has 228 valence electrons. The highest BCUT2D eigenvalue weighted by Crippen LogP contribution is 2.33. The Kier molecular flexibility index (Phi) is 11.6. The summed E-state index contributed by atoms with van der Waals surface area (Å²) in [5.41, 5.74) is 3.45. The molecule has 10 nitrogen and oxygen atoms in total. The van der Waals surface area contributed by atoms with Crippen molar-refractivity contribution in [3.63, 3.8) is 0 Å². The Balaban J connectivity index is 0.000000457. The Labute approximate surface area is 263 Å². The molecule has 0 amide bonds. The molecule has 0 fully saturated rings. The van der Waals surface area contributed by atoms with Gasteiger partial charge in [0.15, 0.2) is 11.5 Å². The van der Waals surface area contributed by atoms with Crippen molar-refractivity contribution in [2.45, 2.75) is 44.9 Å². The van der Waals surface area contributed by atoms with Crippen LogP contribution in [0.3, 0.4) is 0 Å². The van der Waals surface area contributed by atoms with Gasteiger partial charge in [0, 0.05) is 0 Å². The summed E-state index contributed by atoms with van der Waals surface area (Å²) in [6.45, 7) is 7.24. The predicted octanol–water partition coefficient (Wildman–Crippen LogP) is 6.27. The lowest BCUT2D eigenvalue weighted by Gasteiger charge is -2.13. The van der Waals surface area contributed by atoms with Crippen molar-refractivity contribution in [3.8, 4) is 35.8 Å². The molecule has 0 saturated carbocycles. The van der Waals surface area contributed by atoms with Crippen molar-refractivity contribution in [3.05, 3.63) is 117 Å². The fourth-order valence-electron chi connectivity index (χ4n) is 3.77. The summed E-state index contributed by atoms with van der Waals surface area (Å²) in [6, 6.07) is 24.9. The van der Waals surface area contributed by atoms with Gasteiger partial charge in [-0.2, -0.15) is 37.9 Å². The van der Waals surface area contributed by atoms with Gasteiger partial charge in [0.05, 0.1) is 11.1 Å². The zero-order chi connectivity index (χ0) is 32.7. The number of hydrogen-bond donors (Lipinski definition) is 0. The van der Waals surface area contributed by atoms with Crippen LogP contribution in [0.15, 0.2) is 82.6 Å². The molecule has 0 unspecified atom stereocenters. The van der Waals surface area contributed by atoms with Gasteiger partial charge in [-0.1, -0.05) is 55.0 Å². The monoisotopic (exact) mass is 640 g/mol. The van der Waals surface area contributed by atoms with Gasteiger partial charge < -0.3 is 8.37 Å². The molecule has 0 bridgehead atoms. The van der Waals surface area contributed by atoms with E-state index in [0.717, 1.165) is 34.4 Å². The van der Waals surface area contributed by atoms with Gasteiger partial charge in [0.2, 0.25) is 0 Å². The van der Waals surface area contributed by atoms with Gasteiger partial charge in [-0.15, -0.1) is 0 Å². The second-order valence-corrected chi connectivity index (χ2v) is 12.5. The zero-order valence-corrected chi connectivity index (χ0v) is 25.6. The zero-order valence-electron chi connectivity index (χ0n) is 24.0. The van der Waals surface area contributed by atoms with Gasteiger partial charge in [0.1, 0.15) is 45.2 Å². The maximum Gasteiger partial charge on any atom is 0.339 e. The van der Waals surface area contributed by atoms with Crippen LogP contribution in [-0.2, 0) is 20.2 Å². The van der Waals surface area contributed by atoms with E-state index in [1.165, 1.54) is 24.3 Å². The van der Waals surface area contributed by atoms with Crippen LogP contribution in [-0.4, -0.2) is 16.8 Å². The molecule has 0 atom stereocenters. The number of hydrogen-bond acceptors (Lipinski definition) is 10. The molecule has 0 heterocycles. The Bertz CT molecular complexity index is 1960. The number of rotatable bonds is 6. The summed E-state index contributed by atoms with van der Waals surface area (Å²) >= 11 is 0. The van der Waals surface area contributed by atoms with Crippen molar-refractivity contribution in [2.75, 3.05) is 0 Å². The van der Waals surface area contributed by atoms with Crippen molar-refractivity contribution >= 4 is 20.2 Å². The first-order chi connectivity index (χ1) is 20.8. The summed E-state index contributed by atoms with van der Waals surface area (Å²) in [7, 11) is -8.60. The van der Waals surface area contributed by atoms with E-state index in [4.69, 9.17) is 18.9 Å². The van der Waals surface area contributed by atoms with Crippen LogP contribution >= 0.6 is 0 Å². The topological polar surface area (TPSA) is 182 Å². The van der Waals surface area contributed by atoms with Crippen molar-refractivity contribution < 1.29 is 25.2 Å². The standard InChI is InChI=1S/C22H16N2O6S2.C10H8N2.CH4/c1-15-3-7-17(8-4-15)31(25,26)29-21-11-12-22(20(14-24)19(21)13-23)30-32(27,28)18-9-5-16(2)6-10-18;1-7-3-4-8(2)10(6-12)9(7)5-11;/h3-12H,1-2H3;3-4H,1-2H3;1H4. The number of nitrogens with zero attached hydrogens (tertiary/aromatic N) is 4. The van der Waals surface area contributed by atoms with E-state index in [1.54, 1.807) is 50.3 Å². The van der Waals surface area contributed by atoms with E-state index in [9.17, 15) is 27.4 Å². The molecular weight excluding hydrogens is 613 g/mol. The highest BCUT2D eigenvalue weighted by molar-refractivity contribution is 7.87. The molecular formula is C33H28N4O6S2. The smallest absolute Gasteiger partial charge is 0.339 e. The van der Waals surface area contributed by atoms with Crippen molar-refractivity contribution in [2.24, 2.45) is 0 Å². The molecule has 0 N–H and O–H groups in total. The molecule has 0 radical (unpaired) electrons. The lowest BCUT2D eigenvalue weighted by atomic mass is 9.99. The maximum absolute atomic E-state index is 12.6. The first kappa shape index (κ1) is 35.5. The lowest BCUT2D eigenvalue weighted by molar-refractivity contribution is 0.476. The molecule has 4 aromatic rings. The second kappa shape index (κ2) is 14.7. The van der Waals surface area contributed by atoms with Gasteiger partial charge in [-0.05, 0) is 75.2 Å². The number of benzene rings is 4. The maximum atomic E-state index is 12.6. The molecule has 0 aliphatic carbocycles. The fourth-order valence-corrected chi connectivity index (χ4v) is 5.65. The van der Waals surface area contributed by atoms with Crippen LogP contribution in [0.25, 0.3) is 0 Å². The molecule has 0 aliphatic heterocycles. The van der Waals surface area contributed by atoms with Crippen LogP contribution < -0.4 is 8.37 Å². The number of aryl methyl sites for hydroxylation is 4. The largest absolute Gasteiger partial charge is 0.377 e. The van der Waals surface area contributed by atoms with Crippen LogP contribution in [0.1, 0.15) is 51.9 Å². The molecule has 0 aromatic heterocycles. The van der Waals surface area contributed by atoms with E-state index in [1.807, 2.05) is 38.1 Å². The minimum Gasteiger partial charge on any atom is -0.377 e. The number of nitriles is 4. The summed E-state index contributed by atoms with van der Waals surface area (Å²) in [6.07, 6.45) is 0. The van der Waals surface area contributed by atoms with Crippen LogP contribution in [0.2, 0.25) is 0 Å². The Morgan fingerprint density at radius 1 is 0.467 bits per heavy atom. The minimum absolute atomic E-state index is 0. The van der Waals surface area contributed by atoms with Crippen LogP contribution in [0.4, 0.5) is 0 Å². The molecule has 0 aliphatic rings. The minimum atomic E-state index is -4.30. The average molecular weight is 641 g/mol. The SMILES string of the molecule is C.Cc1ccc(C)c(C#N)c1C#N.Cc1ccc(S(=O)(=O)Oc2ccc(OS(=O)(=O)c3ccc(C)cc3)c(C#N)c2C#N)cc1. The second-order valence-electron chi connectivity index (χ2n) is 9.41. The van der Waals surface area contributed by atoms with Gasteiger partial charge in [0.25, 0.3) is 0 Å².